The van der Waals surface area contributed by atoms with Gasteiger partial charge in [-0.05, 0) is 74.4 Å². The molecule has 0 saturated carbocycles. The molecule has 5 rings (SSSR count). The highest BCUT2D eigenvalue weighted by atomic mass is 32.2. The molecule has 35 heavy (non-hydrogen) atoms. The Labute approximate surface area is 207 Å². The van der Waals surface area contributed by atoms with E-state index in [1.807, 2.05) is 17.9 Å². The van der Waals surface area contributed by atoms with Crippen LogP contribution in [0.15, 0.2) is 59.6 Å². The number of aromatic amines is 1. The molecule has 2 aliphatic heterocycles. The number of amides is 1. The van der Waals surface area contributed by atoms with Crippen molar-refractivity contribution in [2.75, 3.05) is 32.8 Å². The van der Waals surface area contributed by atoms with Crippen LogP contribution >= 0.6 is 0 Å². The summed E-state index contributed by atoms with van der Waals surface area (Å²) in [7, 11) is -3.57. The second-order valence-corrected chi connectivity index (χ2v) is 11.4. The van der Waals surface area contributed by atoms with Crippen LogP contribution in [0.2, 0.25) is 0 Å². The number of benzene rings is 2. The third-order valence-electron chi connectivity index (χ3n) is 7.44. The number of piperidine rings is 2. The first-order valence-corrected chi connectivity index (χ1v) is 14.0. The molecule has 2 saturated heterocycles. The maximum atomic E-state index is 13.2. The van der Waals surface area contributed by atoms with Crippen LogP contribution in [0.1, 0.15) is 44.1 Å². The van der Waals surface area contributed by atoms with E-state index in [0.717, 1.165) is 31.4 Å². The van der Waals surface area contributed by atoms with E-state index in [1.165, 1.54) is 15.3 Å². The molecule has 0 bridgehead atoms. The fourth-order valence-corrected chi connectivity index (χ4v) is 6.94. The lowest BCUT2D eigenvalue weighted by Crippen LogP contribution is -2.46. The van der Waals surface area contributed by atoms with Gasteiger partial charge in [-0.15, -0.1) is 0 Å². The average molecular weight is 496 g/mol. The van der Waals surface area contributed by atoms with E-state index in [2.05, 4.69) is 29.4 Å². The van der Waals surface area contributed by atoms with Crippen LogP contribution in [0.3, 0.4) is 0 Å². The van der Waals surface area contributed by atoms with Crippen molar-refractivity contribution in [3.63, 3.8) is 0 Å². The van der Waals surface area contributed by atoms with Crippen molar-refractivity contribution in [2.24, 2.45) is 5.92 Å². The first kappa shape index (κ1) is 23.9. The zero-order chi connectivity index (χ0) is 24.4. The molecule has 3 heterocycles. The van der Waals surface area contributed by atoms with Crippen molar-refractivity contribution in [1.82, 2.24) is 14.2 Å². The number of sulfonamides is 1. The minimum atomic E-state index is -3.57. The van der Waals surface area contributed by atoms with Crippen LogP contribution in [0.25, 0.3) is 10.9 Å². The molecule has 2 aromatic carbocycles. The number of carbonyl (C=O) groups excluding carboxylic acids is 1. The van der Waals surface area contributed by atoms with Gasteiger partial charge in [0.15, 0.2) is 0 Å². The summed E-state index contributed by atoms with van der Waals surface area (Å²) in [6.45, 7) is 4.69. The highest BCUT2D eigenvalue weighted by molar-refractivity contribution is 7.89. The second kappa shape index (κ2) is 10.0. The number of H-pyrrole nitrogens is 1. The Balaban J connectivity index is 1.15. The van der Waals surface area contributed by atoms with E-state index in [-0.39, 0.29) is 16.7 Å². The zero-order valence-electron chi connectivity index (χ0n) is 20.2. The van der Waals surface area contributed by atoms with Gasteiger partial charge in [0, 0.05) is 49.2 Å². The summed E-state index contributed by atoms with van der Waals surface area (Å²) >= 11 is 0. The van der Waals surface area contributed by atoms with E-state index >= 15 is 0 Å². The summed E-state index contributed by atoms with van der Waals surface area (Å²) in [6.07, 6.45) is 5.17. The molecule has 1 amide bonds. The lowest BCUT2D eigenvalue weighted by Gasteiger charge is -2.37. The van der Waals surface area contributed by atoms with Crippen LogP contribution in [0.5, 0.6) is 5.75 Å². The van der Waals surface area contributed by atoms with Crippen LogP contribution in [0.4, 0.5) is 0 Å². The number of aromatic nitrogens is 1. The fraction of sp³-hybridized carbons (Fsp3) is 0.444. The van der Waals surface area contributed by atoms with Crippen molar-refractivity contribution < 1.29 is 17.9 Å². The molecule has 0 radical (unpaired) electrons. The van der Waals surface area contributed by atoms with Crippen LogP contribution < -0.4 is 4.74 Å². The number of hydrogen-bond acceptors (Lipinski definition) is 4. The Hall–Kier alpha value is -2.84. The normalized spacial score (nSPS) is 18.7. The van der Waals surface area contributed by atoms with Gasteiger partial charge >= 0.3 is 0 Å². The van der Waals surface area contributed by atoms with E-state index in [0.29, 0.717) is 44.2 Å². The van der Waals surface area contributed by atoms with E-state index in [1.54, 1.807) is 24.3 Å². The zero-order valence-corrected chi connectivity index (χ0v) is 21.0. The summed E-state index contributed by atoms with van der Waals surface area (Å²) in [5.41, 5.74) is 2.51. The van der Waals surface area contributed by atoms with Gasteiger partial charge in [0.25, 0.3) is 0 Å². The number of rotatable bonds is 6. The average Bonchev–Trinajstić information content (AvgIpc) is 3.33. The van der Waals surface area contributed by atoms with Crippen molar-refractivity contribution in [3.8, 4) is 5.75 Å². The largest absolute Gasteiger partial charge is 0.494 e. The predicted molar refractivity (Wildman–Crippen MR) is 136 cm³/mol. The minimum Gasteiger partial charge on any atom is -0.494 e. The molecular formula is C27H33N3O4S. The van der Waals surface area contributed by atoms with Gasteiger partial charge in [-0.3, -0.25) is 4.79 Å². The lowest BCUT2D eigenvalue weighted by molar-refractivity contribution is -0.137. The highest BCUT2D eigenvalue weighted by Gasteiger charge is 2.35. The Morgan fingerprint density at radius 2 is 1.66 bits per heavy atom. The van der Waals surface area contributed by atoms with Gasteiger partial charge in [-0.2, -0.15) is 4.31 Å². The molecule has 8 heteroatoms. The van der Waals surface area contributed by atoms with Gasteiger partial charge in [0.2, 0.25) is 15.9 Å². The molecule has 0 aliphatic carbocycles. The van der Waals surface area contributed by atoms with Crippen LogP contribution in [-0.2, 0) is 14.8 Å². The van der Waals surface area contributed by atoms with Gasteiger partial charge in [0.05, 0.1) is 11.5 Å². The molecule has 0 spiro atoms. The molecular weight excluding hydrogens is 462 g/mol. The second-order valence-electron chi connectivity index (χ2n) is 9.47. The number of ether oxygens (including phenoxy) is 1. The number of nitrogens with one attached hydrogen (secondary N) is 1. The quantitative estimate of drug-likeness (QED) is 0.550. The third kappa shape index (κ3) is 4.82. The van der Waals surface area contributed by atoms with E-state index in [4.69, 9.17) is 4.74 Å². The Bertz CT molecular complexity index is 1270. The van der Waals surface area contributed by atoms with Crippen LogP contribution in [-0.4, -0.2) is 61.3 Å². The molecule has 7 nitrogen and oxygen atoms in total. The Morgan fingerprint density at radius 1 is 0.971 bits per heavy atom. The summed E-state index contributed by atoms with van der Waals surface area (Å²) in [4.78, 5) is 18.9. The fourth-order valence-electron chi connectivity index (χ4n) is 5.47. The van der Waals surface area contributed by atoms with Gasteiger partial charge < -0.3 is 14.6 Å². The molecule has 1 aromatic heterocycles. The Morgan fingerprint density at radius 3 is 2.34 bits per heavy atom. The molecule has 2 fully saturated rings. The van der Waals surface area contributed by atoms with E-state index in [9.17, 15) is 13.2 Å². The van der Waals surface area contributed by atoms with Crippen molar-refractivity contribution in [1.29, 1.82) is 0 Å². The lowest BCUT2D eigenvalue weighted by atomic mass is 9.88. The van der Waals surface area contributed by atoms with E-state index < -0.39 is 10.0 Å². The van der Waals surface area contributed by atoms with Crippen molar-refractivity contribution in [3.05, 3.63) is 60.3 Å². The van der Waals surface area contributed by atoms with Gasteiger partial charge in [-0.1, -0.05) is 18.2 Å². The number of carbonyl (C=O) groups is 1. The van der Waals surface area contributed by atoms with Crippen molar-refractivity contribution >= 4 is 26.8 Å². The number of hydrogen-bond donors (Lipinski definition) is 1. The summed E-state index contributed by atoms with van der Waals surface area (Å²) < 4.78 is 33.0. The van der Waals surface area contributed by atoms with Gasteiger partial charge in [-0.25, -0.2) is 8.42 Å². The smallest absolute Gasteiger partial charge is 0.243 e. The molecule has 0 unspecified atom stereocenters. The number of nitrogens with zero attached hydrogens (tertiary/aromatic N) is 2. The predicted octanol–water partition coefficient (Wildman–Crippen LogP) is 4.37. The number of fused-ring (bicyclic) bond motifs is 1. The molecule has 1 N–H and O–H groups in total. The maximum absolute atomic E-state index is 13.2. The third-order valence-corrected chi connectivity index (χ3v) is 9.36. The monoisotopic (exact) mass is 495 g/mol. The molecule has 2 aliphatic rings. The standard InChI is InChI=1S/C27H33N3O4S/c1-2-34-22-7-9-23(10-8-22)35(32,33)30-17-13-21(14-18-30)27(31)29-15-11-20(12-16-29)25-19-28-26-6-4-3-5-24(25)26/h3-10,19-21,28H,2,11-18H2,1H3. The summed E-state index contributed by atoms with van der Waals surface area (Å²) in [5, 5.41) is 1.28. The summed E-state index contributed by atoms with van der Waals surface area (Å²) in [5.74, 6) is 1.19. The van der Waals surface area contributed by atoms with Crippen molar-refractivity contribution in [2.45, 2.75) is 43.4 Å². The minimum absolute atomic E-state index is 0.105. The first-order valence-electron chi connectivity index (χ1n) is 12.5. The molecule has 0 atom stereocenters. The molecule has 186 valence electrons. The summed E-state index contributed by atoms with van der Waals surface area (Å²) in [6, 6.07) is 14.9. The number of likely N-dealkylation sites (tertiary alicyclic amines) is 1. The number of para-hydroxylation sites is 1. The Kier molecular flexibility index (Phi) is 6.84. The molecule has 3 aromatic rings. The van der Waals surface area contributed by atoms with Gasteiger partial charge in [0.1, 0.15) is 5.75 Å². The maximum Gasteiger partial charge on any atom is 0.243 e. The topological polar surface area (TPSA) is 82.7 Å². The van der Waals surface area contributed by atoms with Crippen LogP contribution in [0, 0.1) is 5.92 Å². The SMILES string of the molecule is CCOc1ccc(S(=O)(=O)N2CCC(C(=O)N3CCC(c4c[nH]c5ccccc45)CC3)CC2)cc1. The highest BCUT2D eigenvalue weighted by Crippen LogP contribution is 2.34. The first-order chi connectivity index (χ1) is 17.0.